The quantitative estimate of drug-likeness (QED) is 0.422. The van der Waals surface area contributed by atoms with E-state index in [1.165, 1.54) is 0 Å². The van der Waals surface area contributed by atoms with Crippen LogP contribution in [0.3, 0.4) is 0 Å². The number of rotatable bonds is 1. The zero-order valence-electron chi connectivity index (χ0n) is 6.11. The maximum Gasteiger partial charge on any atom is 0.400 e. The van der Waals surface area contributed by atoms with Crippen LogP contribution in [-0.2, 0) is 4.79 Å². The molecular formula is C6H8FNO4. The number of hydrogen-bond donors (Lipinski definition) is 2. The summed E-state index contributed by atoms with van der Waals surface area (Å²) in [5, 5.41) is 17.4. The molecule has 0 bridgehead atoms. The number of carbonyl (C=O) groups is 2. The number of β-amino-alcohol motifs (C(OH)–C–C–N with tert-alkyl or cyclic N) is 1. The average molecular weight is 177 g/mol. The van der Waals surface area contributed by atoms with Gasteiger partial charge in [-0.3, -0.25) is 4.90 Å². The SMILES string of the molecule is O=C(O)[C@@H]1C[C@@H](O)CN1C(=O)F. The van der Waals surface area contributed by atoms with E-state index >= 15 is 0 Å². The molecule has 1 fully saturated rings. The van der Waals surface area contributed by atoms with E-state index < -0.39 is 24.3 Å². The van der Waals surface area contributed by atoms with E-state index in [0.29, 0.717) is 4.90 Å². The van der Waals surface area contributed by atoms with Crippen molar-refractivity contribution >= 4 is 12.1 Å². The van der Waals surface area contributed by atoms with Crippen molar-refractivity contribution in [3.05, 3.63) is 0 Å². The summed E-state index contributed by atoms with van der Waals surface area (Å²) in [6, 6.07) is -1.22. The van der Waals surface area contributed by atoms with Crippen LogP contribution in [0.15, 0.2) is 0 Å². The summed E-state index contributed by atoms with van der Waals surface area (Å²) in [6.45, 7) is -0.244. The van der Waals surface area contributed by atoms with Crippen molar-refractivity contribution in [2.45, 2.75) is 18.6 Å². The average Bonchev–Trinajstić information content (AvgIpc) is 2.31. The van der Waals surface area contributed by atoms with Crippen LogP contribution >= 0.6 is 0 Å². The molecule has 12 heavy (non-hydrogen) atoms. The number of amides is 1. The molecule has 5 nitrogen and oxygen atoms in total. The van der Waals surface area contributed by atoms with Crippen molar-refractivity contribution in [1.29, 1.82) is 0 Å². The van der Waals surface area contributed by atoms with Crippen LogP contribution in [0.25, 0.3) is 0 Å². The van der Waals surface area contributed by atoms with E-state index in [4.69, 9.17) is 10.2 Å². The Morgan fingerprint density at radius 2 is 2.08 bits per heavy atom. The van der Waals surface area contributed by atoms with Gasteiger partial charge in [0, 0.05) is 6.42 Å². The number of aliphatic carboxylic acids is 1. The molecule has 68 valence electrons. The molecule has 0 aromatic heterocycles. The van der Waals surface area contributed by atoms with Crippen LogP contribution < -0.4 is 0 Å². The van der Waals surface area contributed by atoms with Gasteiger partial charge >= 0.3 is 12.1 Å². The third-order valence-corrected chi connectivity index (χ3v) is 1.79. The second kappa shape index (κ2) is 3.06. The monoisotopic (exact) mass is 177 g/mol. The highest BCUT2D eigenvalue weighted by Gasteiger charge is 2.38. The number of nitrogens with zero attached hydrogens (tertiary/aromatic N) is 1. The smallest absolute Gasteiger partial charge is 0.400 e. The van der Waals surface area contributed by atoms with Crippen LogP contribution in [0.2, 0.25) is 0 Å². The summed E-state index contributed by atoms with van der Waals surface area (Å²) in [4.78, 5) is 21.1. The molecule has 0 aromatic rings. The molecule has 0 radical (unpaired) electrons. The van der Waals surface area contributed by atoms with Gasteiger partial charge in [-0.1, -0.05) is 0 Å². The standard InChI is InChI=1S/C6H8FNO4/c7-6(12)8-2-3(9)1-4(8)5(10)11/h3-4,9H,1-2H2,(H,10,11)/t3-,4+/m1/s1. The molecular weight excluding hydrogens is 169 g/mol. The van der Waals surface area contributed by atoms with Crippen LogP contribution in [0.1, 0.15) is 6.42 Å². The van der Waals surface area contributed by atoms with Crippen molar-refractivity contribution in [3.8, 4) is 0 Å². The third-order valence-electron chi connectivity index (χ3n) is 1.79. The van der Waals surface area contributed by atoms with Gasteiger partial charge < -0.3 is 10.2 Å². The predicted molar refractivity (Wildman–Crippen MR) is 35.3 cm³/mol. The molecule has 6 heteroatoms. The lowest BCUT2D eigenvalue weighted by Gasteiger charge is -2.15. The molecule has 1 heterocycles. The Balaban J connectivity index is 2.72. The molecule has 0 saturated carbocycles. The first-order chi connectivity index (χ1) is 5.52. The van der Waals surface area contributed by atoms with Crippen molar-refractivity contribution in [2.24, 2.45) is 0 Å². The largest absolute Gasteiger partial charge is 0.480 e. The zero-order valence-corrected chi connectivity index (χ0v) is 6.11. The predicted octanol–water partition coefficient (Wildman–Crippen LogP) is -0.404. The Bertz CT molecular complexity index is 198. The fourth-order valence-corrected chi connectivity index (χ4v) is 1.24. The highest BCUT2D eigenvalue weighted by atomic mass is 19.1. The van der Waals surface area contributed by atoms with Crippen molar-refractivity contribution in [2.75, 3.05) is 6.54 Å². The highest BCUT2D eigenvalue weighted by molar-refractivity contribution is 5.80. The van der Waals surface area contributed by atoms with Crippen molar-refractivity contribution in [1.82, 2.24) is 4.90 Å². The first kappa shape index (κ1) is 8.92. The molecule has 1 amide bonds. The Labute approximate surface area is 67.4 Å². The van der Waals surface area contributed by atoms with Gasteiger partial charge in [0.1, 0.15) is 6.04 Å². The van der Waals surface area contributed by atoms with E-state index in [-0.39, 0.29) is 13.0 Å². The second-order valence-corrected chi connectivity index (χ2v) is 2.65. The molecule has 0 aromatic carbocycles. The Kier molecular flexibility index (Phi) is 2.27. The van der Waals surface area contributed by atoms with Crippen LogP contribution in [0, 0.1) is 0 Å². The molecule has 2 N–H and O–H groups in total. The van der Waals surface area contributed by atoms with Gasteiger partial charge in [-0.15, -0.1) is 4.39 Å². The Morgan fingerprint density at radius 1 is 1.50 bits per heavy atom. The number of halogens is 1. The first-order valence-corrected chi connectivity index (χ1v) is 3.39. The number of likely N-dealkylation sites (tertiary alicyclic amines) is 1. The van der Waals surface area contributed by atoms with E-state index in [9.17, 15) is 14.0 Å². The molecule has 1 rings (SSSR count). The first-order valence-electron chi connectivity index (χ1n) is 3.39. The molecule has 1 aliphatic heterocycles. The molecule has 0 spiro atoms. The molecule has 2 atom stereocenters. The number of aliphatic hydroxyl groups is 1. The summed E-state index contributed by atoms with van der Waals surface area (Å²) >= 11 is 0. The molecule has 0 aliphatic carbocycles. The summed E-state index contributed by atoms with van der Waals surface area (Å²) in [7, 11) is 0. The molecule has 1 aliphatic rings. The number of carboxylic acid groups (broad SMARTS) is 1. The lowest BCUT2D eigenvalue weighted by Crippen LogP contribution is -2.37. The number of aliphatic hydroxyl groups excluding tert-OH is 1. The van der Waals surface area contributed by atoms with Crippen LogP contribution in [-0.4, -0.2) is 45.9 Å². The maximum absolute atomic E-state index is 12.1. The summed E-state index contributed by atoms with van der Waals surface area (Å²) in [6.07, 6.45) is -2.85. The van der Waals surface area contributed by atoms with Crippen LogP contribution in [0.4, 0.5) is 9.18 Å². The van der Waals surface area contributed by atoms with E-state index in [2.05, 4.69) is 0 Å². The van der Waals surface area contributed by atoms with Gasteiger partial charge in [0.25, 0.3) is 0 Å². The number of carboxylic acids is 1. The topological polar surface area (TPSA) is 77.8 Å². The second-order valence-electron chi connectivity index (χ2n) is 2.65. The minimum Gasteiger partial charge on any atom is -0.480 e. The summed E-state index contributed by atoms with van der Waals surface area (Å²) < 4.78 is 12.1. The van der Waals surface area contributed by atoms with Gasteiger partial charge in [0.05, 0.1) is 12.6 Å². The van der Waals surface area contributed by atoms with Crippen molar-refractivity contribution < 1.29 is 24.2 Å². The van der Waals surface area contributed by atoms with Gasteiger partial charge in [-0.25, -0.2) is 9.59 Å². The minimum atomic E-state index is -1.81. The Morgan fingerprint density at radius 3 is 2.42 bits per heavy atom. The van der Waals surface area contributed by atoms with E-state index in [1.807, 2.05) is 0 Å². The number of hydrogen-bond acceptors (Lipinski definition) is 3. The third kappa shape index (κ3) is 1.53. The Hall–Kier alpha value is -1.17. The van der Waals surface area contributed by atoms with Gasteiger partial charge in [-0.05, 0) is 0 Å². The minimum absolute atomic E-state index is 0.106. The summed E-state index contributed by atoms with van der Waals surface area (Å²) in [5.41, 5.74) is 0. The summed E-state index contributed by atoms with van der Waals surface area (Å²) in [5.74, 6) is -1.29. The fraction of sp³-hybridized carbons (Fsp3) is 0.667. The highest BCUT2D eigenvalue weighted by Crippen LogP contribution is 2.18. The van der Waals surface area contributed by atoms with E-state index in [0.717, 1.165) is 0 Å². The normalized spacial score (nSPS) is 29.0. The van der Waals surface area contributed by atoms with Crippen LogP contribution in [0.5, 0.6) is 0 Å². The number of carbonyl (C=O) groups excluding carboxylic acids is 1. The lowest BCUT2D eigenvalue weighted by atomic mass is 10.2. The van der Waals surface area contributed by atoms with Gasteiger partial charge in [0.2, 0.25) is 0 Å². The zero-order chi connectivity index (χ0) is 9.30. The molecule has 1 saturated heterocycles. The maximum atomic E-state index is 12.1. The van der Waals surface area contributed by atoms with E-state index in [1.54, 1.807) is 0 Å². The van der Waals surface area contributed by atoms with Gasteiger partial charge in [-0.2, -0.15) is 0 Å². The fourth-order valence-electron chi connectivity index (χ4n) is 1.24. The molecule has 0 unspecified atom stereocenters. The van der Waals surface area contributed by atoms with Crippen molar-refractivity contribution in [3.63, 3.8) is 0 Å². The lowest BCUT2D eigenvalue weighted by molar-refractivity contribution is -0.141. The van der Waals surface area contributed by atoms with Gasteiger partial charge in [0.15, 0.2) is 0 Å².